The lowest BCUT2D eigenvalue weighted by Gasteiger charge is -2.10. The van der Waals surface area contributed by atoms with E-state index in [0.29, 0.717) is 11.9 Å². The highest BCUT2D eigenvalue weighted by atomic mass is 15.1. The molecule has 0 amide bonds. The number of hydrogen-bond acceptors (Lipinski definition) is 4. The summed E-state index contributed by atoms with van der Waals surface area (Å²) in [4.78, 5) is 8.66. The van der Waals surface area contributed by atoms with E-state index in [1.165, 1.54) is 11.1 Å². The zero-order valence-electron chi connectivity index (χ0n) is 12.4. The normalized spacial score (nSPS) is 10.6. The van der Waals surface area contributed by atoms with E-state index in [2.05, 4.69) is 65.6 Å². The lowest BCUT2D eigenvalue weighted by Crippen LogP contribution is -2.11. The van der Waals surface area contributed by atoms with Gasteiger partial charge in [0, 0.05) is 19.3 Å². The summed E-state index contributed by atoms with van der Waals surface area (Å²) >= 11 is 0. The predicted molar refractivity (Wildman–Crippen MR) is 83.9 cm³/mol. The van der Waals surface area contributed by atoms with Crippen LogP contribution in [-0.4, -0.2) is 16.5 Å². The molecule has 0 saturated carbocycles. The van der Waals surface area contributed by atoms with Gasteiger partial charge in [-0.3, -0.25) is 0 Å². The van der Waals surface area contributed by atoms with Crippen LogP contribution in [0.3, 0.4) is 0 Å². The van der Waals surface area contributed by atoms with Crippen molar-refractivity contribution < 1.29 is 0 Å². The molecule has 1 heterocycles. The van der Waals surface area contributed by atoms with E-state index in [-0.39, 0.29) is 0 Å². The summed E-state index contributed by atoms with van der Waals surface area (Å²) in [5.41, 5.74) is 2.52. The van der Waals surface area contributed by atoms with Crippen molar-refractivity contribution in [2.24, 2.45) is 5.92 Å². The maximum absolute atomic E-state index is 4.44. The summed E-state index contributed by atoms with van der Waals surface area (Å²) in [6.45, 7) is 8.05. The highest BCUT2D eigenvalue weighted by Gasteiger charge is 2.00. The van der Waals surface area contributed by atoms with Crippen molar-refractivity contribution in [3.05, 3.63) is 47.7 Å². The number of nitrogens with zero attached hydrogens (tertiary/aromatic N) is 2. The predicted octanol–water partition coefficient (Wildman–Crippen LogP) is 3.47. The van der Waals surface area contributed by atoms with Crippen LogP contribution in [0.2, 0.25) is 0 Å². The molecule has 2 rings (SSSR count). The zero-order valence-corrected chi connectivity index (χ0v) is 12.4. The molecule has 0 aliphatic carbocycles. The molecule has 0 aliphatic heterocycles. The van der Waals surface area contributed by atoms with E-state index in [4.69, 9.17) is 0 Å². The molecular formula is C16H22N4. The first-order valence-corrected chi connectivity index (χ1v) is 7.00. The molecule has 0 spiro atoms. The smallest absolute Gasteiger partial charge is 0.224 e. The highest BCUT2D eigenvalue weighted by Crippen LogP contribution is 2.09. The van der Waals surface area contributed by atoms with Gasteiger partial charge in [-0.25, -0.2) is 4.98 Å². The largest absolute Gasteiger partial charge is 0.366 e. The standard InChI is InChI=1S/C16H22N4/c1-12(2)10-19-16-17-9-8-15(20-16)18-11-14-6-4-13(3)5-7-14/h4-9,12H,10-11H2,1-3H3,(H2,17,18,19,20). The first-order chi connectivity index (χ1) is 9.63. The first kappa shape index (κ1) is 14.3. The average Bonchev–Trinajstić information content (AvgIpc) is 2.45. The van der Waals surface area contributed by atoms with E-state index in [9.17, 15) is 0 Å². The molecule has 0 bridgehead atoms. The van der Waals surface area contributed by atoms with Crippen molar-refractivity contribution in [3.8, 4) is 0 Å². The molecule has 1 aromatic heterocycles. The van der Waals surface area contributed by atoms with E-state index >= 15 is 0 Å². The van der Waals surface area contributed by atoms with Crippen LogP contribution in [0.4, 0.5) is 11.8 Å². The molecular weight excluding hydrogens is 248 g/mol. The van der Waals surface area contributed by atoms with Crippen LogP contribution in [0.5, 0.6) is 0 Å². The quantitative estimate of drug-likeness (QED) is 0.844. The SMILES string of the molecule is Cc1ccc(CNc2ccnc(NCC(C)C)n2)cc1. The van der Waals surface area contributed by atoms with Crippen LogP contribution in [-0.2, 0) is 6.54 Å². The molecule has 106 valence electrons. The fraction of sp³-hybridized carbons (Fsp3) is 0.375. The maximum Gasteiger partial charge on any atom is 0.224 e. The van der Waals surface area contributed by atoms with Crippen LogP contribution in [0.1, 0.15) is 25.0 Å². The van der Waals surface area contributed by atoms with Crippen LogP contribution in [0.15, 0.2) is 36.5 Å². The third-order valence-corrected chi connectivity index (χ3v) is 2.92. The Morgan fingerprint density at radius 1 is 1.05 bits per heavy atom. The fourth-order valence-electron chi connectivity index (χ4n) is 1.74. The van der Waals surface area contributed by atoms with Gasteiger partial charge in [-0.1, -0.05) is 43.7 Å². The highest BCUT2D eigenvalue weighted by molar-refractivity contribution is 5.40. The lowest BCUT2D eigenvalue weighted by atomic mass is 10.1. The van der Waals surface area contributed by atoms with Gasteiger partial charge >= 0.3 is 0 Å². The van der Waals surface area contributed by atoms with Crippen molar-refractivity contribution in [2.45, 2.75) is 27.3 Å². The molecule has 2 N–H and O–H groups in total. The molecule has 4 nitrogen and oxygen atoms in total. The van der Waals surface area contributed by atoms with Crippen LogP contribution in [0, 0.1) is 12.8 Å². The van der Waals surface area contributed by atoms with Crippen molar-refractivity contribution in [2.75, 3.05) is 17.2 Å². The van der Waals surface area contributed by atoms with Gasteiger partial charge in [0.05, 0.1) is 0 Å². The number of aryl methyl sites for hydroxylation is 1. The Kier molecular flexibility index (Phi) is 4.93. The van der Waals surface area contributed by atoms with Gasteiger partial charge in [0.25, 0.3) is 0 Å². The van der Waals surface area contributed by atoms with E-state index in [0.717, 1.165) is 18.9 Å². The van der Waals surface area contributed by atoms with Gasteiger partial charge < -0.3 is 10.6 Å². The molecule has 0 unspecified atom stereocenters. The summed E-state index contributed by atoms with van der Waals surface area (Å²) in [5.74, 6) is 2.09. The minimum Gasteiger partial charge on any atom is -0.366 e. The Labute approximate surface area is 120 Å². The molecule has 2 aromatic rings. The second kappa shape index (κ2) is 6.89. The number of benzene rings is 1. The summed E-state index contributed by atoms with van der Waals surface area (Å²) in [7, 11) is 0. The van der Waals surface area contributed by atoms with Crippen molar-refractivity contribution >= 4 is 11.8 Å². The third-order valence-electron chi connectivity index (χ3n) is 2.92. The molecule has 1 aromatic carbocycles. The summed E-state index contributed by atoms with van der Waals surface area (Å²) in [6.07, 6.45) is 1.77. The molecule has 0 atom stereocenters. The molecule has 0 radical (unpaired) electrons. The fourth-order valence-corrected chi connectivity index (χ4v) is 1.74. The molecule has 4 heteroatoms. The molecule has 0 aliphatic rings. The molecule has 20 heavy (non-hydrogen) atoms. The zero-order chi connectivity index (χ0) is 14.4. The number of aromatic nitrogens is 2. The molecule has 0 fully saturated rings. The second-order valence-corrected chi connectivity index (χ2v) is 5.38. The maximum atomic E-state index is 4.44. The van der Waals surface area contributed by atoms with Crippen molar-refractivity contribution in [1.29, 1.82) is 0 Å². The number of rotatable bonds is 6. The van der Waals surface area contributed by atoms with Gasteiger partial charge in [-0.2, -0.15) is 4.98 Å². The third kappa shape index (κ3) is 4.53. The summed E-state index contributed by atoms with van der Waals surface area (Å²) in [5, 5.41) is 6.55. The Morgan fingerprint density at radius 2 is 1.80 bits per heavy atom. The average molecular weight is 270 g/mol. The van der Waals surface area contributed by atoms with Gasteiger partial charge in [-0.05, 0) is 24.5 Å². The van der Waals surface area contributed by atoms with Gasteiger partial charge in [-0.15, -0.1) is 0 Å². The van der Waals surface area contributed by atoms with Gasteiger partial charge in [0.15, 0.2) is 0 Å². The Morgan fingerprint density at radius 3 is 2.50 bits per heavy atom. The first-order valence-electron chi connectivity index (χ1n) is 7.00. The van der Waals surface area contributed by atoms with Crippen LogP contribution < -0.4 is 10.6 Å². The Balaban J connectivity index is 1.92. The number of anilines is 2. The Hall–Kier alpha value is -2.10. The van der Waals surface area contributed by atoms with Crippen LogP contribution in [0.25, 0.3) is 0 Å². The van der Waals surface area contributed by atoms with Crippen LogP contribution >= 0.6 is 0 Å². The minimum atomic E-state index is 0.572. The van der Waals surface area contributed by atoms with Crippen molar-refractivity contribution in [3.63, 3.8) is 0 Å². The molecule has 0 saturated heterocycles. The monoisotopic (exact) mass is 270 g/mol. The summed E-state index contributed by atoms with van der Waals surface area (Å²) in [6, 6.07) is 10.4. The van der Waals surface area contributed by atoms with Gasteiger partial charge in [0.1, 0.15) is 5.82 Å². The second-order valence-electron chi connectivity index (χ2n) is 5.38. The minimum absolute atomic E-state index is 0.572. The summed E-state index contributed by atoms with van der Waals surface area (Å²) < 4.78 is 0. The number of nitrogens with one attached hydrogen (secondary N) is 2. The topological polar surface area (TPSA) is 49.8 Å². The van der Waals surface area contributed by atoms with Gasteiger partial charge in [0.2, 0.25) is 5.95 Å². The number of hydrogen-bond donors (Lipinski definition) is 2. The van der Waals surface area contributed by atoms with E-state index in [1.807, 2.05) is 6.07 Å². The Bertz CT molecular complexity index is 534. The van der Waals surface area contributed by atoms with E-state index < -0.39 is 0 Å². The lowest BCUT2D eigenvalue weighted by molar-refractivity contribution is 0.684. The van der Waals surface area contributed by atoms with Crippen molar-refractivity contribution in [1.82, 2.24) is 9.97 Å². The van der Waals surface area contributed by atoms with E-state index in [1.54, 1.807) is 6.20 Å².